The van der Waals surface area contributed by atoms with E-state index in [2.05, 4.69) is 461 Å². The maximum atomic E-state index is 2.49. The van der Waals surface area contributed by atoms with Gasteiger partial charge in [-0.15, -0.1) is 0 Å². The molecule has 0 saturated heterocycles. The first-order valence-electron chi connectivity index (χ1n) is 38.8. The Labute approximate surface area is 653 Å². The van der Waals surface area contributed by atoms with Crippen LogP contribution in [0.25, 0.3) is 89.0 Å². The van der Waals surface area contributed by atoms with E-state index in [0.717, 1.165) is 67.5 Å². The van der Waals surface area contributed by atoms with E-state index in [-0.39, 0.29) is 0 Å². The molecule has 0 bridgehead atoms. The summed E-state index contributed by atoms with van der Waals surface area (Å²) in [6, 6.07) is 159. The second-order valence-corrected chi connectivity index (χ2v) is 35.8. The van der Waals surface area contributed by atoms with Crippen LogP contribution in [0, 0.1) is 6.92 Å². The molecular weight excluding hydrogens is 1350 g/mol. The van der Waals surface area contributed by atoms with Gasteiger partial charge in [0.1, 0.15) is 0 Å². The number of benzene rings is 17. The fourth-order valence-corrected chi connectivity index (χ4v) is 19.1. The second kappa shape index (κ2) is 28.3. The Morgan fingerprint density at radius 1 is 0.207 bits per heavy atom. The van der Waals surface area contributed by atoms with Gasteiger partial charge in [0.15, 0.2) is 0 Å². The molecule has 2 atom stereocenters. The number of hydrogen-bond donors (Lipinski definition) is 0. The van der Waals surface area contributed by atoms with E-state index >= 15 is 0 Å². The monoisotopic (exact) mass is 1430 g/mol. The van der Waals surface area contributed by atoms with Gasteiger partial charge in [-0.25, -0.2) is 0 Å². The van der Waals surface area contributed by atoms with Gasteiger partial charge in [0.25, 0.3) is 0 Å². The van der Waals surface area contributed by atoms with E-state index in [1.807, 2.05) is 0 Å². The van der Waals surface area contributed by atoms with Gasteiger partial charge < -0.3 is 9.80 Å². The van der Waals surface area contributed by atoms with Crippen LogP contribution in [-0.2, 0) is 10.8 Å². The fraction of sp³-hybridized carbons (Fsp3) is 0.0556. The zero-order valence-electron chi connectivity index (χ0n) is 62.8. The van der Waals surface area contributed by atoms with Crippen molar-refractivity contribution in [2.24, 2.45) is 0 Å². The van der Waals surface area contributed by atoms with E-state index < -0.39 is 18.9 Å². The van der Waals surface area contributed by atoms with Crippen molar-refractivity contribution in [3.05, 3.63) is 475 Å². The van der Waals surface area contributed by atoms with Crippen LogP contribution >= 0.6 is 0 Å². The number of anilines is 6. The molecule has 17 aromatic carbocycles. The summed E-state index contributed by atoms with van der Waals surface area (Å²) >= 11 is 0. The third kappa shape index (κ3) is 12.0. The minimum Gasteiger partial charge on any atom is -0.310 e. The molecule has 0 spiro atoms. The molecule has 3 heteroatoms. The van der Waals surface area contributed by atoms with Crippen LogP contribution in [0.4, 0.5) is 34.1 Å². The lowest BCUT2D eigenvalue weighted by molar-refractivity contribution is 0.768. The minimum absolute atomic E-state index is 0.560. The topological polar surface area (TPSA) is 6.48 Å². The Balaban J connectivity index is 0.692. The SMILES string of the molecule is Cc1ccc(C2(c3ccccc3)c3cc(-c4ccccc4)ccc3-c3ccc(N(c4ccc(-c5ccccc5)cc4)c4ccccc4-c4ccc(-c5cccc(-c6ccc(N(c7ccc(-c8ccccc8)cc7)c7cccc8c7-c7ccccc7C8(c7ccccc7)c7ccc([Si](C)(C)C)cc7)cc6)c5)cc4)cc32)cc1. The highest BCUT2D eigenvalue weighted by Crippen LogP contribution is 2.61. The normalized spacial score (nSPS) is 14.6. The van der Waals surface area contributed by atoms with Crippen molar-refractivity contribution in [3.63, 3.8) is 0 Å². The lowest BCUT2D eigenvalue weighted by Crippen LogP contribution is -2.38. The molecule has 0 heterocycles. The van der Waals surface area contributed by atoms with Gasteiger partial charge in [0.2, 0.25) is 0 Å². The Morgan fingerprint density at radius 3 is 1.07 bits per heavy atom. The summed E-state index contributed by atoms with van der Waals surface area (Å²) in [6.07, 6.45) is 0. The summed E-state index contributed by atoms with van der Waals surface area (Å²) < 4.78 is 0. The molecule has 0 radical (unpaired) electrons. The predicted molar refractivity (Wildman–Crippen MR) is 471 cm³/mol. The average Bonchev–Trinajstić information content (AvgIpc) is 1.54. The van der Waals surface area contributed by atoms with Crippen molar-refractivity contribution >= 4 is 47.4 Å². The standard InChI is InChI=1S/C108H82N2Si/c1-75-44-57-89(58-45-75)108(88-36-18-9-19-37-88)102-73-86(78-30-14-7-15-31-78)56-70-97(102)98-71-67-94(74-103(98)108)110(93-63-52-80(53-64-93)77-28-12-6-13-29-77)104-42-23-21-38-96(104)83-48-46-81(47-49-83)84-32-24-33-85(72-84)82-54-65-92(66-55-82)109(91-61-50-79(51-62-91)76-26-10-5-11-27-76)105-43-25-41-101-106(105)99-39-20-22-40-100(99)107(101,87-34-16-8-17-35-87)90-59-68-95(69-60-90)111(2,3)4/h5-74H,1-4H3. The van der Waals surface area contributed by atoms with Gasteiger partial charge in [0.05, 0.1) is 30.3 Å². The first-order chi connectivity index (χ1) is 54.6. The van der Waals surface area contributed by atoms with E-state index in [1.54, 1.807) is 0 Å². The van der Waals surface area contributed by atoms with Crippen molar-refractivity contribution in [2.45, 2.75) is 37.4 Å². The van der Waals surface area contributed by atoms with Gasteiger partial charge in [0, 0.05) is 33.9 Å². The molecule has 17 aromatic rings. The van der Waals surface area contributed by atoms with Crippen LogP contribution < -0.4 is 15.0 Å². The molecule has 0 aromatic heterocycles. The zero-order valence-corrected chi connectivity index (χ0v) is 63.8. The highest BCUT2D eigenvalue weighted by Gasteiger charge is 2.49. The maximum absolute atomic E-state index is 2.49. The quantitative estimate of drug-likeness (QED) is 0.0839. The molecule has 111 heavy (non-hydrogen) atoms. The van der Waals surface area contributed by atoms with Gasteiger partial charge in [-0.1, -0.05) is 382 Å². The molecule has 0 amide bonds. The number of fused-ring (bicyclic) bond motifs is 6. The van der Waals surface area contributed by atoms with Crippen molar-refractivity contribution in [3.8, 4) is 89.0 Å². The van der Waals surface area contributed by atoms with Crippen LogP contribution in [0.3, 0.4) is 0 Å². The summed E-state index contributed by atoms with van der Waals surface area (Å²) in [6.45, 7) is 9.49. The Hall–Kier alpha value is -13.4. The van der Waals surface area contributed by atoms with Crippen LogP contribution in [0.1, 0.15) is 50.1 Å². The first-order valence-corrected chi connectivity index (χ1v) is 42.3. The highest BCUT2D eigenvalue weighted by molar-refractivity contribution is 6.88. The molecule has 528 valence electrons. The third-order valence-electron chi connectivity index (χ3n) is 23.3. The average molecular weight is 1440 g/mol. The lowest BCUT2D eigenvalue weighted by Gasteiger charge is -2.35. The van der Waals surface area contributed by atoms with Crippen molar-refractivity contribution < 1.29 is 0 Å². The molecule has 0 fully saturated rings. The zero-order chi connectivity index (χ0) is 74.6. The summed E-state index contributed by atoms with van der Waals surface area (Å²) in [4.78, 5) is 4.96. The van der Waals surface area contributed by atoms with Crippen molar-refractivity contribution in [2.75, 3.05) is 9.80 Å². The van der Waals surface area contributed by atoms with Gasteiger partial charge >= 0.3 is 0 Å². The molecular formula is C108H82N2Si. The molecule has 0 aliphatic heterocycles. The molecule has 2 aliphatic carbocycles. The van der Waals surface area contributed by atoms with E-state index in [0.29, 0.717) is 0 Å². The Bertz CT molecular complexity index is 6240. The molecule has 2 aliphatic rings. The summed E-state index contributed by atoms with van der Waals surface area (Å²) in [7, 11) is -1.59. The summed E-state index contributed by atoms with van der Waals surface area (Å²) in [5.74, 6) is 0. The summed E-state index contributed by atoms with van der Waals surface area (Å²) in [5, 5.41) is 1.45. The predicted octanol–water partition coefficient (Wildman–Crippen LogP) is 28.2. The van der Waals surface area contributed by atoms with E-state index in [9.17, 15) is 0 Å². The van der Waals surface area contributed by atoms with Crippen LogP contribution in [0.2, 0.25) is 19.6 Å². The van der Waals surface area contributed by atoms with Crippen molar-refractivity contribution in [1.82, 2.24) is 0 Å². The molecule has 0 N–H and O–H groups in total. The Kier molecular flexibility index (Phi) is 17.4. The number of nitrogens with zero attached hydrogens (tertiary/aromatic N) is 2. The highest BCUT2D eigenvalue weighted by atomic mass is 28.3. The fourth-order valence-electron chi connectivity index (χ4n) is 17.9. The van der Waals surface area contributed by atoms with Crippen LogP contribution in [0.15, 0.2) is 425 Å². The van der Waals surface area contributed by atoms with Crippen LogP contribution in [-0.4, -0.2) is 8.07 Å². The molecule has 0 saturated carbocycles. The molecule has 2 nitrogen and oxygen atoms in total. The maximum Gasteiger partial charge on any atom is 0.0775 e. The van der Waals surface area contributed by atoms with Gasteiger partial charge in [-0.3, -0.25) is 0 Å². The lowest BCUT2D eigenvalue weighted by atomic mass is 9.67. The number of rotatable bonds is 17. The van der Waals surface area contributed by atoms with Gasteiger partial charge in [-0.2, -0.15) is 0 Å². The number of aryl methyl sites for hydroxylation is 1. The first kappa shape index (κ1) is 68.1. The van der Waals surface area contributed by atoms with E-state index in [1.165, 1.54) is 111 Å². The summed E-state index contributed by atoms with van der Waals surface area (Å²) in [5.41, 5.74) is 35.5. The van der Waals surface area contributed by atoms with Crippen molar-refractivity contribution in [1.29, 1.82) is 0 Å². The van der Waals surface area contributed by atoms with Crippen LogP contribution in [0.5, 0.6) is 0 Å². The molecule has 2 unspecified atom stereocenters. The third-order valence-corrected chi connectivity index (χ3v) is 25.4. The largest absolute Gasteiger partial charge is 0.310 e. The minimum atomic E-state index is -1.59. The smallest absolute Gasteiger partial charge is 0.0775 e. The van der Waals surface area contributed by atoms with Gasteiger partial charge in [-0.05, 0) is 202 Å². The van der Waals surface area contributed by atoms with E-state index in [4.69, 9.17) is 0 Å². The number of hydrogen-bond acceptors (Lipinski definition) is 2. The Morgan fingerprint density at radius 2 is 0.541 bits per heavy atom. The molecule has 19 rings (SSSR count). The number of para-hydroxylation sites is 1. The second-order valence-electron chi connectivity index (χ2n) is 30.7.